The summed E-state index contributed by atoms with van der Waals surface area (Å²) in [5.74, 6) is -1.04. The summed E-state index contributed by atoms with van der Waals surface area (Å²) in [5.41, 5.74) is 0.755. The minimum Gasteiger partial charge on any atom is -0.450 e. The zero-order chi connectivity index (χ0) is 19.2. The Morgan fingerprint density at radius 1 is 1.30 bits per heavy atom. The Hall–Kier alpha value is -2.56. The van der Waals surface area contributed by atoms with Gasteiger partial charge in [-0.2, -0.15) is 4.98 Å². The molecule has 27 heavy (non-hydrogen) atoms. The Balaban J connectivity index is 1.42. The maximum atomic E-state index is 12.6. The average Bonchev–Trinajstić information content (AvgIpc) is 3.23. The topological polar surface area (TPSA) is 124 Å². The molecule has 2 aromatic rings. The highest BCUT2D eigenvalue weighted by molar-refractivity contribution is 7.91. The molecule has 1 amide bonds. The average molecular weight is 393 g/mol. The highest BCUT2D eigenvalue weighted by atomic mass is 32.2. The Morgan fingerprint density at radius 2 is 2.07 bits per heavy atom. The predicted octanol–water partition coefficient (Wildman–Crippen LogP) is -0.232. The molecule has 0 spiro atoms. The summed E-state index contributed by atoms with van der Waals surface area (Å²) in [7, 11) is -3.10. The maximum absolute atomic E-state index is 12.6. The number of aromatic nitrogens is 4. The molecule has 11 heteroatoms. The number of rotatable bonds is 5. The Morgan fingerprint density at radius 3 is 2.70 bits per heavy atom. The van der Waals surface area contributed by atoms with E-state index in [2.05, 4.69) is 15.1 Å². The van der Waals surface area contributed by atoms with Gasteiger partial charge in [-0.05, 0) is 32.3 Å². The fourth-order valence-corrected chi connectivity index (χ4v) is 5.02. The second kappa shape index (κ2) is 6.55. The van der Waals surface area contributed by atoms with Gasteiger partial charge in [0, 0.05) is 24.0 Å². The molecule has 0 unspecified atom stereocenters. The summed E-state index contributed by atoms with van der Waals surface area (Å²) in [5, 5.41) is 4.04. The third kappa shape index (κ3) is 3.64. The van der Waals surface area contributed by atoms with Crippen molar-refractivity contribution >= 4 is 27.5 Å². The zero-order valence-corrected chi connectivity index (χ0v) is 15.6. The molecule has 0 bridgehead atoms. The number of ether oxygens (including phenoxy) is 1. The van der Waals surface area contributed by atoms with Crippen LogP contribution in [0.15, 0.2) is 12.3 Å². The normalized spacial score (nSPS) is 21.3. The van der Waals surface area contributed by atoms with Crippen molar-refractivity contribution in [3.05, 3.63) is 23.8 Å². The van der Waals surface area contributed by atoms with Crippen LogP contribution in [-0.4, -0.2) is 75.0 Å². The minimum absolute atomic E-state index is 0.0257. The maximum Gasteiger partial charge on any atom is 0.378 e. The van der Waals surface area contributed by atoms with Crippen LogP contribution in [0.1, 0.15) is 35.6 Å². The number of esters is 1. The number of carbonyl (C=O) groups excluding carboxylic acids is 2. The molecule has 1 atom stereocenters. The van der Waals surface area contributed by atoms with Gasteiger partial charge in [-0.3, -0.25) is 4.79 Å². The molecule has 4 rings (SSSR count). The van der Waals surface area contributed by atoms with E-state index < -0.39 is 22.4 Å². The molecule has 3 heterocycles. The van der Waals surface area contributed by atoms with Crippen LogP contribution in [0.2, 0.25) is 0 Å². The highest BCUT2D eigenvalue weighted by Crippen LogP contribution is 2.32. The van der Waals surface area contributed by atoms with Crippen LogP contribution in [0.3, 0.4) is 0 Å². The summed E-state index contributed by atoms with van der Waals surface area (Å²) < 4.78 is 30.0. The number of carbonyl (C=O) groups is 2. The van der Waals surface area contributed by atoms with Crippen molar-refractivity contribution in [2.75, 3.05) is 18.1 Å². The van der Waals surface area contributed by atoms with E-state index in [0.717, 1.165) is 18.5 Å². The SMILES string of the molecule is Cc1ccnc2nc(C(=O)OCC(=O)N(C3CC3)[C@H]3CCS(=O)(=O)C3)nn12. The number of amides is 1. The lowest BCUT2D eigenvalue weighted by atomic mass is 10.2. The number of hydrogen-bond acceptors (Lipinski definition) is 8. The van der Waals surface area contributed by atoms with Crippen molar-refractivity contribution in [1.29, 1.82) is 0 Å². The van der Waals surface area contributed by atoms with Gasteiger partial charge in [0.1, 0.15) is 0 Å². The number of nitrogens with zero attached hydrogens (tertiary/aromatic N) is 5. The molecule has 2 aliphatic rings. The number of hydrogen-bond donors (Lipinski definition) is 0. The molecule has 144 valence electrons. The summed E-state index contributed by atoms with van der Waals surface area (Å²) in [6.07, 6.45) is 3.67. The molecule has 1 saturated heterocycles. The van der Waals surface area contributed by atoms with Gasteiger partial charge in [-0.15, -0.1) is 5.10 Å². The van der Waals surface area contributed by atoms with E-state index in [1.807, 2.05) is 0 Å². The summed E-state index contributed by atoms with van der Waals surface area (Å²) in [6.45, 7) is 1.33. The molecular weight excluding hydrogens is 374 g/mol. The van der Waals surface area contributed by atoms with Crippen LogP contribution in [-0.2, 0) is 19.4 Å². The monoisotopic (exact) mass is 393 g/mol. The van der Waals surface area contributed by atoms with E-state index in [1.165, 1.54) is 4.52 Å². The lowest BCUT2D eigenvalue weighted by Gasteiger charge is -2.28. The summed E-state index contributed by atoms with van der Waals surface area (Å²) in [4.78, 5) is 34.4. The number of aryl methyl sites for hydroxylation is 1. The lowest BCUT2D eigenvalue weighted by Crippen LogP contribution is -2.44. The zero-order valence-electron chi connectivity index (χ0n) is 14.7. The number of sulfone groups is 1. The van der Waals surface area contributed by atoms with Crippen LogP contribution >= 0.6 is 0 Å². The predicted molar refractivity (Wildman–Crippen MR) is 92.7 cm³/mol. The van der Waals surface area contributed by atoms with E-state index in [1.54, 1.807) is 24.1 Å². The first-order chi connectivity index (χ1) is 12.8. The van der Waals surface area contributed by atoms with Crippen LogP contribution in [0, 0.1) is 6.92 Å². The molecule has 0 radical (unpaired) electrons. The highest BCUT2D eigenvalue weighted by Gasteiger charge is 2.42. The van der Waals surface area contributed by atoms with E-state index in [0.29, 0.717) is 6.42 Å². The van der Waals surface area contributed by atoms with Gasteiger partial charge in [0.05, 0.1) is 11.5 Å². The van der Waals surface area contributed by atoms with Gasteiger partial charge in [-0.1, -0.05) is 0 Å². The van der Waals surface area contributed by atoms with Crippen molar-refractivity contribution in [1.82, 2.24) is 24.5 Å². The Kier molecular flexibility index (Phi) is 4.33. The van der Waals surface area contributed by atoms with Gasteiger partial charge in [0.2, 0.25) is 0 Å². The molecule has 0 aromatic carbocycles. The van der Waals surface area contributed by atoms with Gasteiger partial charge >= 0.3 is 5.97 Å². The second-order valence-electron chi connectivity index (χ2n) is 6.90. The van der Waals surface area contributed by atoms with Crippen molar-refractivity contribution in [2.45, 2.75) is 38.3 Å². The van der Waals surface area contributed by atoms with Crippen LogP contribution in [0.4, 0.5) is 0 Å². The standard InChI is InChI=1S/C16H19N5O5S/c1-10-4-6-17-16-18-14(19-21(10)16)15(23)26-8-13(22)20(11-2-3-11)12-5-7-27(24,25)9-12/h4,6,11-12H,2-3,5,7-9H2,1H3/t12-/m0/s1. The van der Waals surface area contributed by atoms with Crippen molar-refractivity contribution in [3.8, 4) is 0 Å². The van der Waals surface area contributed by atoms with E-state index in [-0.39, 0.29) is 41.1 Å². The lowest BCUT2D eigenvalue weighted by molar-refractivity contribution is -0.137. The minimum atomic E-state index is -3.10. The molecule has 2 fully saturated rings. The van der Waals surface area contributed by atoms with Gasteiger partial charge in [0.25, 0.3) is 17.5 Å². The molecular formula is C16H19N5O5S. The van der Waals surface area contributed by atoms with Gasteiger partial charge in [0.15, 0.2) is 16.4 Å². The van der Waals surface area contributed by atoms with Crippen molar-refractivity contribution in [2.24, 2.45) is 0 Å². The van der Waals surface area contributed by atoms with Gasteiger partial charge < -0.3 is 9.64 Å². The largest absolute Gasteiger partial charge is 0.450 e. The third-order valence-corrected chi connectivity index (χ3v) is 6.52. The number of fused-ring (bicyclic) bond motifs is 1. The quantitative estimate of drug-likeness (QED) is 0.638. The van der Waals surface area contributed by atoms with Gasteiger partial charge in [-0.25, -0.2) is 22.7 Å². The first-order valence-corrected chi connectivity index (χ1v) is 10.5. The molecule has 2 aromatic heterocycles. The third-order valence-electron chi connectivity index (χ3n) is 4.77. The molecule has 1 saturated carbocycles. The second-order valence-corrected chi connectivity index (χ2v) is 9.13. The molecule has 0 N–H and O–H groups in total. The first-order valence-electron chi connectivity index (χ1n) is 8.71. The summed E-state index contributed by atoms with van der Waals surface area (Å²) in [6, 6.07) is 1.42. The Bertz CT molecular complexity index is 1010. The fraction of sp³-hybridized carbons (Fsp3) is 0.562. The van der Waals surface area contributed by atoms with E-state index in [4.69, 9.17) is 4.74 Å². The first kappa shape index (κ1) is 17.8. The van der Waals surface area contributed by atoms with E-state index >= 15 is 0 Å². The fourth-order valence-electron chi connectivity index (χ4n) is 3.31. The summed E-state index contributed by atoms with van der Waals surface area (Å²) >= 11 is 0. The van der Waals surface area contributed by atoms with Crippen LogP contribution in [0.5, 0.6) is 0 Å². The van der Waals surface area contributed by atoms with E-state index in [9.17, 15) is 18.0 Å². The van der Waals surface area contributed by atoms with Crippen molar-refractivity contribution in [3.63, 3.8) is 0 Å². The Labute approximate surface area is 155 Å². The van der Waals surface area contributed by atoms with Crippen LogP contribution < -0.4 is 0 Å². The van der Waals surface area contributed by atoms with Crippen LogP contribution in [0.25, 0.3) is 5.78 Å². The molecule has 10 nitrogen and oxygen atoms in total. The molecule has 1 aliphatic heterocycles. The van der Waals surface area contributed by atoms with Crippen molar-refractivity contribution < 1.29 is 22.7 Å². The molecule has 1 aliphatic carbocycles. The smallest absolute Gasteiger partial charge is 0.378 e.